The molecule has 20 heavy (non-hydrogen) atoms. The molecule has 0 saturated heterocycles. The van der Waals surface area contributed by atoms with Crippen molar-refractivity contribution in [3.8, 4) is 11.1 Å². The number of pyridine rings is 1. The van der Waals surface area contributed by atoms with Crippen LogP contribution in [0.15, 0.2) is 42.6 Å². The number of aliphatic carboxylic acids is 1. The number of carbonyl (C=O) groups is 1. The Morgan fingerprint density at radius 3 is 2.65 bits per heavy atom. The molecule has 2 rings (SSSR count). The van der Waals surface area contributed by atoms with E-state index in [9.17, 15) is 4.79 Å². The lowest BCUT2D eigenvalue weighted by molar-refractivity contribution is -0.136. The third-order valence-electron chi connectivity index (χ3n) is 2.98. The summed E-state index contributed by atoms with van der Waals surface area (Å²) >= 11 is 0. The highest BCUT2D eigenvalue weighted by Gasteiger charge is 2.10. The average molecular weight is 271 g/mol. The van der Waals surface area contributed by atoms with Crippen molar-refractivity contribution in [2.24, 2.45) is 5.73 Å². The van der Waals surface area contributed by atoms with Gasteiger partial charge < -0.3 is 16.2 Å². The van der Waals surface area contributed by atoms with Crippen LogP contribution in [-0.4, -0.2) is 22.6 Å². The Bertz CT molecular complexity index is 585. The Morgan fingerprint density at radius 1 is 1.25 bits per heavy atom. The molecule has 0 saturated carbocycles. The minimum absolute atomic E-state index is 0.0429. The zero-order valence-electron chi connectivity index (χ0n) is 11.0. The van der Waals surface area contributed by atoms with E-state index in [1.807, 2.05) is 36.4 Å². The number of benzene rings is 1. The number of carboxylic acid groups (broad SMARTS) is 1. The Morgan fingerprint density at radius 2 is 2.00 bits per heavy atom. The van der Waals surface area contributed by atoms with Gasteiger partial charge in [-0.2, -0.15) is 0 Å². The minimum atomic E-state index is -0.842. The van der Waals surface area contributed by atoms with Crippen LogP contribution in [0, 0.1) is 0 Å². The fourth-order valence-corrected chi connectivity index (χ4v) is 2.03. The third-order valence-corrected chi connectivity index (χ3v) is 2.98. The van der Waals surface area contributed by atoms with Gasteiger partial charge in [-0.1, -0.05) is 30.3 Å². The molecule has 4 N–H and O–H groups in total. The summed E-state index contributed by atoms with van der Waals surface area (Å²) < 4.78 is 0. The quantitative estimate of drug-likeness (QED) is 0.748. The van der Waals surface area contributed by atoms with Crippen molar-refractivity contribution in [1.82, 2.24) is 4.98 Å². The summed E-state index contributed by atoms with van der Waals surface area (Å²) in [5, 5.41) is 11.7. The number of hydrogen-bond donors (Lipinski definition) is 3. The van der Waals surface area contributed by atoms with Gasteiger partial charge in [0.15, 0.2) is 0 Å². The smallest absolute Gasteiger partial charge is 0.305 e. The van der Waals surface area contributed by atoms with E-state index in [0.29, 0.717) is 18.9 Å². The van der Waals surface area contributed by atoms with Crippen molar-refractivity contribution < 1.29 is 9.90 Å². The van der Waals surface area contributed by atoms with E-state index < -0.39 is 5.97 Å². The molecule has 0 radical (unpaired) electrons. The Labute approximate surface area is 117 Å². The summed E-state index contributed by atoms with van der Waals surface area (Å²) in [7, 11) is 0. The molecule has 1 aromatic carbocycles. The fraction of sp³-hybridized carbons (Fsp3) is 0.200. The first-order valence-electron chi connectivity index (χ1n) is 6.41. The second-order valence-corrected chi connectivity index (χ2v) is 4.33. The first-order valence-corrected chi connectivity index (χ1v) is 6.41. The van der Waals surface area contributed by atoms with Crippen LogP contribution in [0.5, 0.6) is 0 Å². The molecule has 0 unspecified atom stereocenters. The predicted molar refractivity (Wildman–Crippen MR) is 78.3 cm³/mol. The van der Waals surface area contributed by atoms with Crippen LogP contribution in [-0.2, 0) is 11.3 Å². The van der Waals surface area contributed by atoms with Gasteiger partial charge in [-0.25, -0.2) is 4.98 Å². The molecule has 104 valence electrons. The molecular weight excluding hydrogens is 254 g/mol. The SMILES string of the molecule is NCc1c(-c2ccccc2)ccnc1NCCC(=O)O. The number of hydrogen-bond acceptors (Lipinski definition) is 4. The van der Waals surface area contributed by atoms with Gasteiger partial charge in [0.25, 0.3) is 0 Å². The number of carboxylic acids is 1. The van der Waals surface area contributed by atoms with Gasteiger partial charge in [0.1, 0.15) is 5.82 Å². The number of nitrogens with two attached hydrogens (primary N) is 1. The molecule has 2 aromatic rings. The van der Waals surface area contributed by atoms with E-state index in [1.54, 1.807) is 6.20 Å². The van der Waals surface area contributed by atoms with Crippen molar-refractivity contribution in [3.05, 3.63) is 48.2 Å². The van der Waals surface area contributed by atoms with Crippen molar-refractivity contribution >= 4 is 11.8 Å². The van der Waals surface area contributed by atoms with Crippen LogP contribution in [0.1, 0.15) is 12.0 Å². The molecule has 0 aliphatic rings. The van der Waals surface area contributed by atoms with E-state index in [1.165, 1.54) is 0 Å². The van der Waals surface area contributed by atoms with Crippen molar-refractivity contribution in [2.45, 2.75) is 13.0 Å². The van der Waals surface area contributed by atoms with E-state index in [4.69, 9.17) is 10.8 Å². The summed E-state index contributed by atoms with van der Waals surface area (Å²) in [6.07, 6.45) is 1.74. The Balaban J connectivity index is 2.28. The zero-order chi connectivity index (χ0) is 14.4. The molecule has 5 heteroatoms. The van der Waals surface area contributed by atoms with E-state index in [0.717, 1.165) is 16.7 Å². The largest absolute Gasteiger partial charge is 0.481 e. The van der Waals surface area contributed by atoms with Gasteiger partial charge in [-0.3, -0.25) is 4.79 Å². The molecule has 0 aliphatic carbocycles. The molecular formula is C15H17N3O2. The van der Waals surface area contributed by atoms with E-state index >= 15 is 0 Å². The maximum atomic E-state index is 10.5. The monoisotopic (exact) mass is 271 g/mol. The average Bonchev–Trinajstić information content (AvgIpc) is 2.47. The number of anilines is 1. The molecule has 0 spiro atoms. The molecule has 1 aromatic heterocycles. The van der Waals surface area contributed by atoms with Gasteiger partial charge in [0.2, 0.25) is 0 Å². The van der Waals surface area contributed by atoms with Crippen LogP contribution in [0.3, 0.4) is 0 Å². The van der Waals surface area contributed by atoms with Crippen LogP contribution >= 0.6 is 0 Å². The zero-order valence-corrected chi connectivity index (χ0v) is 11.0. The molecule has 1 heterocycles. The third kappa shape index (κ3) is 3.33. The molecule has 0 aliphatic heterocycles. The van der Waals surface area contributed by atoms with Crippen LogP contribution in [0.2, 0.25) is 0 Å². The highest BCUT2D eigenvalue weighted by Crippen LogP contribution is 2.27. The number of aromatic nitrogens is 1. The number of nitrogens with zero attached hydrogens (tertiary/aromatic N) is 1. The predicted octanol–water partition coefficient (Wildman–Crippen LogP) is 2.09. The first-order chi connectivity index (χ1) is 9.72. The van der Waals surface area contributed by atoms with Gasteiger partial charge >= 0.3 is 5.97 Å². The van der Waals surface area contributed by atoms with Crippen LogP contribution in [0.4, 0.5) is 5.82 Å². The van der Waals surface area contributed by atoms with Gasteiger partial charge in [0.05, 0.1) is 6.42 Å². The Kier molecular flexibility index (Phi) is 4.68. The summed E-state index contributed by atoms with van der Waals surface area (Å²) in [5.41, 5.74) is 8.80. The molecule has 0 bridgehead atoms. The molecule has 0 amide bonds. The Hall–Kier alpha value is -2.40. The summed E-state index contributed by atoms with van der Waals surface area (Å²) in [4.78, 5) is 14.8. The highest BCUT2D eigenvalue weighted by molar-refractivity contribution is 5.72. The lowest BCUT2D eigenvalue weighted by Crippen LogP contribution is -2.12. The number of rotatable bonds is 6. The van der Waals surface area contributed by atoms with Crippen LogP contribution < -0.4 is 11.1 Å². The standard InChI is InChI=1S/C15H17N3O2/c16-10-13-12(11-4-2-1-3-5-11)6-8-17-15(13)18-9-7-14(19)20/h1-6,8H,7,9-10,16H2,(H,17,18)(H,19,20). The van der Waals surface area contributed by atoms with E-state index in [2.05, 4.69) is 10.3 Å². The highest BCUT2D eigenvalue weighted by atomic mass is 16.4. The van der Waals surface area contributed by atoms with Crippen molar-refractivity contribution in [2.75, 3.05) is 11.9 Å². The molecule has 0 atom stereocenters. The molecule has 5 nitrogen and oxygen atoms in total. The van der Waals surface area contributed by atoms with Crippen LogP contribution in [0.25, 0.3) is 11.1 Å². The lowest BCUT2D eigenvalue weighted by atomic mass is 10.0. The maximum Gasteiger partial charge on any atom is 0.305 e. The summed E-state index contributed by atoms with van der Waals surface area (Å²) in [6.45, 7) is 0.668. The van der Waals surface area contributed by atoms with Gasteiger partial charge in [0, 0.05) is 24.8 Å². The second-order valence-electron chi connectivity index (χ2n) is 4.33. The second kappa shape index (κ2) is 6.68. The normalized spacial score (nSPS) is 10.2. The fourth-order valence-electron chi connectivity index (χ4n) is 2.03. The maximum absolute atomic E-state index is 10.5. The molecule has 0 fully saturated rings. The summed E-state index contributed by atoms with van der Waals surface area (Å²) in [5.74, 6) is -0.193. The minimum Gasteiger partial charge on any atom is -0.481 e. The van der Waals surface area contributed by atoms with Crippen molar-refractivity contribution in [1.29, 1.82) is 0 Å². The topological polar surface area (TPSA) is 88.2 Å². The lowest BCUT2D eigenvalue weighted by Gasteiger charge is -2.13. The first kappa shape index (κ1) is 14.0. The number of nitrogens with one attached hydrogen (secondary N) is 1. The van der Waals surface area contributed by atoms with Gasteiger partial charge in [-0.05, 0) is 17.2 Å². The van der Waals surface area contributed by atoms with E-state index in [-0.39, 0.29) is 6.42 Å². The summed E-state index contributed by atoms with van der Waals surface area (Å²) in [6, 6.07) is 11.8. The van der Waals surface area contributed by atoms with Crippen molar-refractivity contribution in [3.63, 3.8) is 0 Å². The van der Waals surface area contributed by atoms with Gasteiger partial charge in [-0.15, -0.1) is 0 Å².